The van der Waals surface area contributed by atoms with E-state index >= 15 is 0 Å². The Morgan fingerprint density at radius 2 is 2.23 bits per heavy atom. The summed E-state index contributed by atoms with van der Waals surface area (Å²) in [7, 11) is 0. The molecule has 3 N–H and O–H groups in total. The summed E-state index contributed by atoms with van der Waals surface area (Å²) in [6.07, 6.45) is 2.99. The lowest BCUT2D eigenvalue weighted by molar-refractivity contribution is -0.119. The van der Waals surface area contributed by atoms with Crippen molar-refractivity contribution in [3.8, 4) is 0 Å². The van der Waals surface area contributed by atoms with E-state index in [9.17, 15) is 14.4 Å². The van der Waals surface area contributed by atoms with Crippen LogP contribution in [0.4, 0.5) is 4.79 Å². The van der Waals surface area contributed by atoms with Gasteiger partial charge in [0.2, 0.25) is 5.91 Å². The molecule has 0 radical (unpaired) electrons. The van der Waals surface area contributed by atoms with E-state index in [0.717, 1.165) is 46.8 Å². The second-order valence-corrected chi connectivity index (χ2v) is 8.98. The first kappa shape index (κ1) is 18.9. The average molecular weight is 395 g/mol. The van der Waals surface area contributed by atoms with Crippen LogP contribution in [0.5, 0.6) is 0 Å². The van der Waals surface area contributed by atoms with Gasteiger partial charge in [-0.1, -0.05) is 18.7 Å². The van der Waals surface area contributed by atoms with Crippen molar-refractivity contribution < 1.29 is 9.59 Å². The number of fused-ring (bicyclic) bond motifs is 3. The van der Waals surface area contributed by atoms with Crippen molar-refractivity contribution >= 4 is 45.3 Å². The van der Waals surface area contributed by atoms with Gasteiger partial charge in [-0.15, -0.1) is 11.3 Å². The van der Waals surface area contributed by atoms with Crippen LogP contribution in [0.15, 0.2) is 9.95 Å². The standard InChI is InChI=1S/C17H22N4O3S2/c1-4-21-15(23)12-10-6-5-8(2)7-11(10)26-14(12)20-17(21)25-9(3)13(22)19-16(18)24/h8-9H,4-7H2,1-3H3,(H3,18,19,22,24)/t8-,9-/m1/s1. The van der Waals surface area contributed by atoms with Gasteiger partial charge in [-0.3, -0.25) is 19.5 Å². The summed E-state index contributed by atoms with van der Waals surface area (Å²) in [5.74, 6) is 0.120. The van der Waals surface area contributed by atoms with Crippen molar-refractivity contribution in [3.05, 3.63) is 20.8 Å². The molecule has 2 heterocycles. The maximum Gasteiger partial charge on any atom is 0.318 e. The number of urea groups is 1. The minimum atomic E-state index is -0.890. The summed E-state index contributed by atoms with van der Waals surface area (Å²) >= 11 is 2.74. The molecular weight excluding hydrogens is 372 g/mol. The third-order valence-electron chi connectivity index (χ3n) is 4.59. The number of carbonyl (C=O) groups excluding carboxylic acids is 2. The van der Waals surface area contributed by atoms with Crippen LogP contribution in [0, 0.1) is 5.92 Å². The van der Waals surface area contributed by atoms with E-state index in [0.29, 0.717) is 17.6 Å². The van der Waals surface area contributed by atoms with Crippen LogP contribution in [0.1, 0.15) is 37.6 Å². The number of rotatable bonds is 4. The van der Waals surface area contributed by atoms with Gasteiger partial charge < -0.3 is 5.73 Å². The van der Waals surface area contributed by atoms with E-state index < -0.39 is 17.2 Å². The van der Waals surface area contributed by atoms with Crippen molar-refractivity contribution in [2.24, 2.45) is 11.7 Å². The lowest BCUT2D eigenvalue weighted by Gasteiger charge is -2.17. The zero-order valence-electron chi connectivity index (χ0n) is 15.0. The maximum absolute atomic E-state index is 13.1. The quantitative estimate of drug-likeness (QED) is 0.611. The number of hydrogen-bond acceptors (Lipinski definition) is 6. The number of hydrogen-bond donors (Lipinski definition) is 2. The first-order valence-electron chi connectivity index (χ1n) is 8.63. The Hall–Kier alpha value is -1.87. The number of aromatic nitrogens is 2. The smallest absolute Gasteiger partial charge is 0.318 e. The van der Waals surface area contributed by atoms with Crippen LogP contribution in [-0.2, 0) is 24.2 Å². The molecule has 3 rings (SSSR count). The number of nitrogens with one attached hydrogen (secondary N) is 1. The van der Waals surface area contributed by atoms with Crippen LogP contribution in [0.3, 0.4) is 0 Å². The number of nitrogens with two attached hydrogens (primary N) is 1. The fourth-order valence-electron chi connectivity index (χ4n) is 3.21. The van der Waals surface area contributed by atoms with Crippen LogP contribution in [0.25, 0.3) is 10.2 Å². The van der Waals surface area contributed by atoms with Gasteiger partial charge in [-0.25, -0.2) is 9.78 Å². The Morgan fingerprint density at radius 3 is 2.88 bits per heavy atom. The minimum Gasteiger partial charge on any atom is -0.351 e. The van der Waals surface area contributed by atoms with Gasteiger partial charge in [0, 0.05) is 11.4 Å². The highest BCUT2D eigenvalue weighted by Crippen LogP contribution is 2.36. The third kappa shape index (κ3) is 3.50. The van der Waals surface area contributed by atoms with Crippen LogP contribution in [-0.4, -0.2) is 26.7 Å². The predicted octanol–water partition coefficient (Wildman–Crippen LogP) is 2.28. The molecule has 0 fully saturated rings. The summed E-state index contributed by atoms with van der Waals surface area (Å²) in [6, 6.07) is -0.890. The van der Waals surface area contributed by atoms with E-state index in [2.05, 4.69) is 17.2 Å². The average Bonchev–Trinajstić information content (AvgIpc) is 2.91. The molecule has 0 saturated carbocycles. The molecule has 0 unspecified atom stereocenters. The highest BCUT2D eigenvalue weighted by Gasteiger charge is 2.26. The molecule has 2 aromatic rings. The SMILES string of the molecule is CCn1c(S[C@H](C)C(=O)NC(N)=O)nc2sc3c(c2c1=O)CC[C@@H](C)C3. The molecule has 0 bridgehead atoms. The van der Waals surface area contributed by atoms with Gasteiger partial charge in [0.1, 0.15) is 4.83 Å². The summed E-state index contributed by atoms with van der Waals surface area (Å²) in [5, 5.41) is 2.69. The lowest BCUT2D eigenvalue weighted by Crippen LogP contribution is -2.39. The number of aryl methyl sites for hydroxylation is 1. The van der Waals surface area contributed by atoms with Gasteiger partial charge >= 0.3 is 6.03 Å². The lowest BCUT2D eigenvalue weighted by atomic mass is 9.89. The van der Waals surface area contributed by atoms with Gasteiger partial charge in [-0.05, 0) is 44.6 Å². The molecule has 3 amide bonds. The fraction of sp³-hybridized carbons (Fsp3) is 0.529. The highest BCUT2D eigenvalue weighted by atomic mass is 32.2. The molecule has 0 aliphatic heterocycles. The predicted molar refractivity (Wildman–Crippen MR) is 104 cm³/mol. The minimum absolute atomic E-state index is 0.0467. The van der Waals surface area contributed by atoms with Gasteiger partial charge in [0.25, 0.3) is 5.56 Å². The number of imide groups is 1. The monoisotopic (exact) mass is 394 g/mol. The molecule has 1 aliphatic rings. The molecule has 9 heteroatoms. The Morgan fingerprint density at radius 1 is 1.50 bits per heavy atom. The fourth-order valence-corrected chi connectivity index (χ4v) is 5.60. The van der Waals surface area contributed by atoms with Gasteiger partial charge in [0.15, 0.2) is 5.16 Å². The zero-order valence-corrected chi connectivity index (χ0v) is 16.6. The molecule has 0 spiro atoms. The number of thioether (sulfide) groups is 1. The van der Waals surface area contributed by atoms with Gasteiger partial charge in [0.05, 0.1) is 10.6 Å². The van der Waals surface area contributed by atoms with Crippen LogP contribution >= 0.6 is 23.1 Å². The summed E-state index contributed by atoms with van der Waals surface area (Å²) in [6.45, 7) is 6.23. The topological polar surface area (TPSA) is 107 Å². The number of primary amides is 1. The molecule has 140 valence electrons. The summed E-state index contributed by atoms with van der Waals surface area (Å²) < 4.78 is 1.60. The Labute approximate surface area is 159 Å². The second-order valence-electron chi connectivity index (χ2n) is 6.59. The third-order valence-corrected chi connectivity index (χ3v) is 6.83. The largest absolute Gasteiger partial charge is 0.351 e. The van der Waals surface area contributed by atoms with Crippen molar-refractivity contribution in [1.82, 2.24) is 14.9 Å². The van der Waals surface area contributed by atoms with Crippen molar-refractivity contribution in [3.63, 3.8) is 0 Å². The molecule has 2 aromatic heterocycles. The van der Waals surface area contributed by atoms with E-state index in [1.807, 2.05) is 6.92 Å². The number of amides is 3. The molecule has 0 saturated heterocycles. The van der Waals surface area contributed by atoms with Gasteiger partial charge in [-0.2, -0.15) is 0 Å². The zero-order chi connectivity index (χ0) is 19.0. The normalized spacial score (nSPS) is 17.7. The summed E-state index contributed by atoms with van der Waals surface area (Å²) in [5.41, 5.74) is 6.10. The first-order valence-corrected chi connectivity index (χ1v) is 10.3. The summed E-state index contributed by atoms with van der Waals surface area (Å²) in [4.78, 5) is 42.6. The molecule has 1 aliphatic carbocycles. The Bertz CT molecular complexity index is 934. The molecule has 0 aromatic carbocycles. The number of carbonyl (C=O) groups is 2. The maximum atomic E-state index is 13.1. The van der Waals surface area contributed by atoms with E-state index in [1.54, 1.807) is 22.8 Å². The molecule has 26 heavy (non-hydrogen) atoms. The van der Waals surface area contributed by atoms with Crippen molar-refractivity contribution in [1.29, 1.82) is 0 Å². The number of nitrogens with zero attached hydrogens (tertiary/aromatic N) is 2. The Kier molecular flexibility index (Phi) is 5.38. The van der Waals surface area contributed by atoms with E-state index in [1.165, 1.54) is 4.88 Å². The van der Waals surface area contributed by atoms with Crippen LogP contribution < -0.4 is 16.6 Å². The Balaban J connectivity index is 2.02. The molecule has 2 atom stereocenters. The van der Waals surface area contributed by atoms with Crippen LogP contribution in [0.2, 0.25) is 0 Å². The highest BCUT2D eigenvalue weighted by molar-refractivity contribution is 8.00. The van der Waals surface area contributed by atoms with E-state index in [4.69, 9.17) is 5.73 Å². The van der Waals surface area contributed by atoms with Crippen molar-refractivity contribution in [2.75, 3.05) is 0 Å². The molecular formula is C17H22N4O3S2. The van der Waals surface area contributed by atoms with E-state index in [-0.39, 0.29) is 5.56 Å². The molecule has 7 nitrogen and oxygen atoms in total. The second kappa shape index (κ2) is 7.40. The number of thiophene rings is 1. The van der Waals surface area contributed by atoms with Crippen molar-refractivity contribution in [2.45, 2.75) is 57.0 Å². The first-order chi connectivity index (χ1) is 12.3.